The van der Waals surface area contributed by atoms with Gasteiger partial charge in [-0.3, -0.25) is 9.89 Å². The minimum Gasteiger partial charge on any atom is -0.325 e. The van der Waals surface area contributed by atoms with Crippen LogP contribution >= 0.6 is 11.8 Å². The van der Waals surface area contributed by atoms with Crippen LogP contribution in [0.15, 0.2) is 40.6 Å². The molecular formula is C14H19N5OS. The molecule has 2 rings (SSSR count). The Hall–Kier alpha value is -1.86. The maximum atomic E-state index is 12.0. The fourth-order valence-electron chi connectivity index (χ4n) is 1.57. The second-order valence-electron chi connectivity index (χ2n) is 5.75. The Kier molecular flexibility index (Phi) is 4.64. The van der Waals surface area contributed by atoms with Crippen molar-refractivity contribution in [2.24, 2.45) is 11.1 Å². The highest BCUT2D eigenvalue weighted by molar-refractivity contribution is 7.99. The molecule has 1 heterocycles. The number of nitrogens with two attached hydrogens (primary N) is 1. The molecule has 0 saturated heterocycles. The van der Waals surface area contributed by atoms with Crippen molar-refractivity contribution in [1.29, 1.82) is 0 Å². The molecule has 1 unspecified atom stereocenters. The predicted octanol–water partition coefficient (Wildman–Crippen LogP) is 2.27. The van der Waals surface area contributed by atoms with Gasteiger partial charge in [0.1, 0.15) is 6.33 Å². The molecule has 1 atom stereocenters. The number of aromatic nitrogens is 3. The Morgan fingerprint density at radius 1 is 1.33 bits per heavy atom. The normalized spacial score (nSPS) is 13.0. The first-order chi connectivity index (χ1) is 9.86. The van der Waals surface area contributed by atoms with Gasteiger partial charge in [-0.1, -0.05) is 32.5 Å². The van der Waals surface area contributed by atoms with Gasteiger partial charge in [0.2, 0.25) is 5.91 Å². The van der Waals surface area contributed by atoms with Gasteiger partial charge in [0.05, 0.1) is 6.04 Å². The zero-order chi connectivity index (χ0) is 15.5. The van der Waals surface area contributed by atoms with E-state index in [1.807, 2.05) is 45.0 Å². The maximum Gasteiger partial charge on any atom is 0.241 e. The fraction of sp³-hybridized carbons (Fsp3) is 0.357. The van der Waals surface area contributed by atoms with Crippen LogP contribution in [0.2, 0.25) is 0 Å². The van der Waals surface area contributed by atoms with Crippen molar-refractivity contribution in [2.45, 2.75) is 36.9 Å². The number of aromatic amines is 1. The summed E-state index contributed by atoms with van der Waals surface area (Å²) in [6.07, 6.45) is 1.46. The molecule has 6 nitrogen and oxygen atoms in total. The molecular weight excluding hydrogens is 286 g/mol. The minimum absolute atomic E-state index is 0.182. The van der Waals surface area contributed by atoms with Crippen molar-refractivity contribution >= 4 is 23.4 Å². The number of carbonyl (C=O) groups is 1. The van der Waals surface area contributed by atoms with Crippen LogP contribution in [0.4, 0.5) is 5.69 Å². The summed E-state index contributed by atoms with van der Waals surface area (Å²) < 4.78 is 0. The molecule has 0 bridgehead atoms. The number of H-pyrrole nitrogens is 1. The molecule has 112 valence electrons. The number of hydrogen-bond acceptors (Lipinski definition) is 5. The Morgan fingerprint density at radius 2 is 2.00 bits per heavy atom. The van der Waals surface area contributed by atoms with E-state index in [9.17, 15) is 4.79 Å². The fourth-order valence-corrected chi connectivity index (χ4v) is 2.27. The van der Waals surface area contributed by atoms with Crippen LogP contribution in [0, 0.1) is 5.41 Å². The third-order valence-corrected chi connectivity index (χ3v) is 3.84. The molecule has 0 spiro atoms. The van der Waals surface area contributed by atoms with E-state index in [2.05, 4.69) is 20.5 Å². The van der Waals surface area contributed by atoms with Crippen LogP contribution in [0.1, 0.15) is 20.8 Å². The van der Waals surface area contributed by atoms with E-state index in [1.165, 1.54) is 18.1 Å². The summed E-state index contributed by atoms with van der Waals surface area (Å²) in [5.41, 5.74) is 6.38. The molecule has 1 amide bonds. The van der Waals surface area contributed by atoms with Crippen LogP contribution in [0.3, 0.4) is 0 Å². The van der Waals surface area contributed by atoms with E-state index in [0.29, 0.717) is 0 Å². The van der Waals surface area contributed by atoms with Gasteiger partial charge >= 0.3 is 0 Å². The van der Waals surface area contributed by atoms with E-state index < -0.39 is 6.04 Å². The van der Waals surface area contributed by atoms with Crippen molar-refractivity contribution in [1.82, 2.24) is 15.2 Å². The molecule has 2 aromatic rings. The van der Waals surface area contributed by atoms with E-state index in [0.717, 1.165) is 15.7 Å². The zero-order valence-electron chi connectivity index (χ0n) is 12.3. The second-order valence-corrected chi connectivity index (χ2v) is 6.81. The average molecular weight is 305 g/mol. The second kappa shape index (κ2) is 6.28. The minimum atomic E-state index is -0.555. The predicted molar refractivity (Wildman–Crippen MR) is 83.0 cm³/mol. The van der Waals surface area contributed by atoms with Crippen LogP contribution in [0.25, 0.3) is 0 Å². The van der Waals surface area contributed by atoms with Crippen molar-refractivity contribution in [3.8, 4) is 0 Å². The van der Waals surface area contributed by atoms with Crippen LogP contribution in [-0.4, -0.2) is 27.1 Å². The maximum absolute atomic E-state index is 12.0. The van der Waals surface area contributed by atoms with Gasteiger partial charge in [-0.05, 0) is 29.7 Å². The molecule has 7 heteroatoms. The third-order valence-electron chi connectivity index (χ3n) is 2.94. The molecule has 0 aliphatic heterocycles. The third kappa shape index (κ3) is 4.30. The van der Waals surface area contributed by atoms with Gasteiger partial charge in [-0.15, -0.1) is 0 Å². The standard InChI is InChI=1S/C14H19N5OS/c1-14(2,3)11(15)12(20)18-9-4-6-10(7-5-9)21-13-16-8-17-19-13/h4-8,11H,15H2,1-3H3,(H,18,20)(H,16,17,19). The van der Waals surface area contributed by atoms with E-state index in [-0.39, 0.29) is 11.3 Å². The van der Waals surface area contributed by atoms with E-state index in [1.54, 1.807) is 0 Å². The summed E-state index contributed by atoms with van der Waals surface area (Å²) in [7, 11) is 0. The number of benzene rings is 1. The smallest absolute Gasteiger partial charge is 0.241 e. The lowest BCUT2D eigenvalue weighted by atomic mass is 9.87. The highest BCUT2D eigenvalue weighted by Gasteiger charge is 2.27. The van der Waals surface area contributed by atoms with Gasteiger partial charge in [0, 0.05) is 10.6 Å². The van der Waals surface area contributed by atoms with Gasteiger partial charge in [0.15, 0.2) is 5.16 Å². The number of amides is 1. The van der Waals surface area contributed by atoms with Crippen LogP contribution in [0.5, 0.6) is 0 Å². The molecule has 0 aliphatic rings. The molecule has 0 fully saturated rings. The number of rotatable bonds is 4. The van der Waals surface area contributed by atoms with Crippen LogP contribution in [-0.2, 0) is 4.79 Å². The monoisotopic (exact) mass is 305 g/mol. The van der Waals surface area contributed by atoms with Crippen molar-refractivity contribution in [3.63, 3.8) is 0 Å². The van der Waals surface area contributed by atoms with Crippen molar-refractivity contribution in [3.05, 3.63) is 30.6 Å². The highest BCUT2D eigenvalue weighted by atomic mass is 32.2. The SMILES string of the molecule is CC(C)(C)C(N)C(=O)Nc1ccc(Sc2ncn[nH]2)cc1. The molecule has 0 radical (unpaired) electrons. The summed E-state index contributed by atoms with van der Waals surface area (Å²) in [5.74, 6) is -0.182. The van der Waals surface area contributed by atoms with Crippen molar-refractivity contribution < 1.29 is 4.79 Å². The van der Waals surface area contributed by atoms with Gasteiger partial charge in [-0.25, -0.2) is 4.98 Å². The Labute approximate surface area is 127 Å². The zero-order valence-corrected chi connectivity index (χ0v) is 13.1. The number of anilines is 1. The molecule has 0 saturated carbocycles. The lowest BCUT2D eigenvalue weighted by Gasteiger charge is -2.25. The Balaban J connectivity index is 1.98. The summed E-state index contributed by atoms with van der Waals surface area (Å²) in [4.78, 5) is 17.1. The largest absolute Gasteiger partial charge is 0.325 e. The lowest BCUT2D eigenvalue weighted by Crippen LogP contribution is -2.45. The van der Waals surface area contributed by atoms with E-state index >= 15 is 0 Å². The number of carbonyl (C=O) groups excluding carboxylic acids is 1. The number of nitrogens with one attached hydrogen (secondary N) is 2. The lowest BCUT2D eigenvalue weighted by molar-refractivity contribution is -0.119. The average Bonchev–Trinajstić information content (AvgIpc) is 2.92. The molecule has 4 N–H and O–H groups in total. The van der Waals surface area contributed by atoms with E-state index in [4.69, 9.17) is 5.73 Å². The van der Waals surface area contributed by atoms with Gasteiger partial charge in [0.25, 0.3) is 0 Å². The highest BCUT2D eigenvalue weighted by Crippen LogP contribution is 2.25. The first kappa shape index (κ1) is 15.5. The molecule has 21 heavy (non-hydrogen) atoms. The topological polar surface area (TPSA) is 96.7 Å². The van der Waals surface area contributed by atoms with Crippen molar-refractivity contribution in [2.75, 3.05) is 5.32 Å². The first-order valence-electron chi connectivity index (χ1n) is 6.56. The summed E-state index contributed by atoms with van der Waals surface area (Å²) in [6.45, 7) is 5.82. The Bertz CT molecular complexity index is 589. The number of nitrogens with zero attached hydrogens (tertiary/aromatic N) is 2. The molecule has 0 aliphatic carbocycles. The number of hydrogen-bond donors (Lipinski definition) is 3. The quantitative estimate of drug-likeness (QED) is 0.805. The summed E-state index contributed by atoms with van der Waals surface area (Å²) >= 11 is 1.47. The summed E-state index contributed by atoms with van der Waals surface area (Å²) in [6, 6.07) is 6.94. The van der Waals surface area contributed by atoms with Gasteiger partial charge in [-0.2, -0.15) is 5.10 Å². The Morgan fingerprint density at radius 3 is 2.52 bits per heavy atom. The van der Waals surface area contributed by atoms with Gasteiger partial charge < -0.3 is 11.1 Å². The van der Waals surface area contributed by atoms with Crippen LogP contribution < -0.4 is 11.1 Å². The molecule has 1 aromatic heterocycles. The summed E-state index contributed by atoms with van der Waals surface area (Å²) in [5, 5.41) is 10.1. The molecule has 1 aromatic carbocycles. The first-order valence-corrected chi connectivity index (χ1v) is 7.37.